The van der Waals surface area contributed by atoms with Gasteiger partial charge in [0.25, 0.3) is 0 Å². The van der Waals surface area contributed by atoms with Crippen LogP contribution in [-0.2, 0) is 11.2 Å². The van der Waals surface area contributed by atoms with E-state index in [9.17, 15) is 4.79 Å². The third-order valence-corrected chi connectivity index (χ3v) is 2.99. The predicted octanol–water partition coefficient (Wildman–Crippen LogP) is 2.20. The second kappa shape index (κ2) is 3.29. The Labute approximate surface area is 91.1 Å². The van der Waals surface area contributed by atoms with Gasteiger partial charge in [0.15, 0.2) is 0 Å². The highest BCUT2D eigenvalue weighted by atomic mass is 127. The summed E-state index contributed by atoms with van der Waals surface area (Å²) in [5.41, 5.74) is 2.38. The zero-order valence-corrected chi connectivity index (χ0v) is 9.54. The molecule has 0 saturated heterocycles. The average molecular weight is 287 g/mol. The number of nitrogens with zero attached hydrogens (tertiary/aromatic N) is 1. The van der Waals surface area contributed by atoms with Crippen LogP contribution in [0.1, 0.15) is 12.5 Å². The molecule has 0 aromatic heterocycles. The van der Waals surface area contributed by atoms with Gasteiger partial charge in [-0.3, -0.25) is 4.79 Å². The molecule has 0 aliphatic carbocycles. The van der Waals surface area contributed by atoms with E-state index in [1.54, 1.807) is 6.92 Å². The van der Waals surface area contributed by atoms with Crippen molar-refractivity contribution in [3.8, 4) is 0 Å². The van der Waals surface area contributed by atoms with E-state index < -0.39 is 0 Å². The van der Waals surface area contributed by atoms with Gasteiger partial charge in [0.1, 0.15) is 0 Å². The minimum absolute atomic E-state index is 0.139. The number of anilines is 1. The summed E-state index contributed by atoms with van der Waals surface area (Å²) >= 11 is 2.29. The summed E-state index contributed by atoms with van der Waals surface area (Å²) in [7, 11) is 0. The Morgan fingerprint density at radius 3 is 3.00 bits per heavy atom. The molecule has 1 aromatic rings. The minimum atomic E-state index is 0.139. The van der Waals surface area contributed by atoms with E-state index in [1.165, 1.54) is 9.13 Å². The van der Waals surface area contributed by atoms with Crippen LogP contribution in [0.5, 0.6) is 0 Å². The van der Waals surface area contributed by atoms with Gasteiger partial charge in [0.05, 0.1) is 0 Å². The SMILES string of the molecule is CC(=O)N1CCc2cc(I)ccc21. The molecule has 0 bridgehead atoms. The van der Waals surface area contributed by atoms with Crippen molar-refractivity contribution in [3.05, 3.63) is 27.3 Å². The largest absolute Gasteiger partial charge is 0.312 e. The van der Waals surface area contributed by atoms with Gasteiger partial charge in [-0.1, -0.05) is 0 Å². The maximum Gasteiger partial charge on any atom is 0.223 e. The van der Waals surface area contributed by atoms with Gasteiger partial charge >= 0.3 is 0 Å². The number of fused-ring (bicyclic) bond motifs is 1. The molecule has 0 atom stereocenters. The van der Waals surface area contributed by atoms with Crippen molar-refractivity contribution >= 4 is 34.2 Å². The van der Waals surface area contributed by atoms with Gasteiger partial charge in [-0.05, 0) is 52.8 Å². The molecular weight excluding hydrogens is 277 g/mol. The van der Waals surface area contributed by atoms with Gasteiger partial charge in [0.2, 0.25) is 5.91 Å². The highest BCUT2D eigenvalue weighted by molar-refractivity contribution is 14.1. The second-order valence-corrected chi connectivity index (χ2v) is 4.44. The Balaban J connectivity index is 2.44. The van der Waals surface area contributed by atoms with E-state index in [-0.39, 0.29) is 5.91 Å². The summed E-state index contributed by atoms with van der Waals surface area (Å²) < 4.78 is 1.24. The lowest BCUT2D eigenvalue weighted by Crippen LogP contribution is -2.25. The van der Waals surface area contributed by atoms with Crippen LogP contribution in [0.15, 0.2) is 18.2 Å². The number of halogens is 1. The number of carbonyl (C=O) groups excluding carboxylic acids is 1. The van der Waals surface area contributed by atoms with Gasteiger partial charge in [-0.2, -0.15) is 0 Å². The molecule has 1 aliphatic rings. The molecule has 68 valence electrons. The monoisotopic (exact) mass is 287 g/mol. The Morgan fingerprint density at radius 1 is 1.54 bits per heavy atom. The highest BCUT2D eigenvalue weighted by Crippen LogP contribution is 2.29. The van der Waals surface area contributed by atoms with Crippen molar-refractivity contribution < 1.29 is 4.79 Å². The quantitative estimate of drug-likeness (QED) is 0.670. The van der Waals surface area contributed by atoms with E-state index in [0.29, 0.717) is 0 Å². The third-order valence-electron chi connectivity index (χ3n) is 2.32. The second-order valence-electron chi connectivity index (χ2n) is 3.19. The molecule has 3 heteroatoms. The fraction of sp³-hybridized carbons (Fsp3) is 0.300. The normalized spacial score (nSPS) is 14.5. The van der Waals surface area contributed by atoms with E-state index in [0.717, 1.165) is 18.7 Å². The molecule has 0 saturated carbocycles. The van der Waals surface area contributed by atoms with E-state index in [1.807, 2.05) is 17.0 Å². The van der Waals surface area contributed by atoms with Crippen molar-refractivity contribution in [1.29, 1.82) is 0 Å². The van der Waals surface area contributed by atoms with Crippen LogP contribution in [0, 0.1) is 3.57 Å². The molecule has 0 fully saturated rings. The number of hydrogen-bond acceptors (Lipinski definition) is 1. The fourth-order valence-electron chi connectivity index (χ4n) is 1.70. The zero-order valence-electron chi connectivity index (χ0n) is 7.38. The molecule has 2 nitrogen and oxygen atoms in total. The smallest absolute Gasteiger partial charge is 0.223 e. The Bertz CT molecular complexity index is 362. The number of amides is 1. The van der Waals surface area contributed by atoms with Crippen LogP contribution in [0.25, 0.3) is 0 Å². The summed E-state index contributed by atoms with van der Waals surface area (Å²) in [6, 6.07) is 6.23. The Morgan fingerprint density at radius 2 is 2.31 bits per heavy atom. The van der Waals surface area contributed by atoms with Gasteiger partial charge in [-0.15, -0.1) is 0 Å². The molecule has 0 spiro atoms. The number of hydrogen-bond donors (Lipinski definition) is 0. The maximum absolute atomic E-state index is 11.2. The Hall–Kier alpha value is -0.580. The van der Waals surface area contributed by atoms with E-state index in [4.69, 9.17) is 0 Å². The topological polar surface area (TPSA) is 20.3 Å². The molecule has 2 rings (SSSR count). The molecule has 1 aliphatic heterocycles. The first-order valence-electron chi connectivity index (χ1n) is 4.25. The van der Waals surface area contributed by atoms with Gasteiger partial charge in [0, 0.05) is 22.7 Å². The number of rotatable bonds is 0. The van der Waals surface area contributed by atoms with E-state index in [2.05, 4.69) is 28.7 Å². The predicted molar refractivity (Wildman–Crippen MR) is 60.9 cm³/mol. The zero-order chi connectivity index (χ0) is 9.42. The lowest BCUT2D eigenvalue weighted by molar-refractivity contribution is -0.116. The highest BCUT2D eigenvalue weighted by Gasteiger charge is 2.21. The van der Waals surface area contributed by atoms with Crippen LogP contribution >= 0.6 is 22.6 Å². The van der Waals surface area contributed by atoms with Crippen molar-refractivity contribution in [2.45, 2.75) is 13.3 Å². The number of carbonyl (C=O) groups is 1. The maximum atomic E-state index is 11.2. The van der Waals surface area contributed by atoms with Crippen LogP contribution in [0.2, 0.25) is 0 Å². The van der Waals surface area contributed by atoms with Crippen LogP contribution in [0.4, 0.5) is 5.69 Å². The van der Waals surface area contributed by atoms with Crippen molar-refractivity contribution in [1.82, 2.24) is 0 Å². The number of benzene rings is 1. The van der Waals surface area contributed by atoms with E-state index >= 15 is 0 Å². The first kappa shape index (κ1) is 8.99. The third kappa shape index (κ3) is 1.57. The molecule has 0 N–H and O–H groups in total. The standard InChI is InChI=1S/C10H10INO/c1-7(13)12-5-4-8-6-9(11)2-3-10(8)12/h2-3,6H,4-5H2,1H3. The fourth-order valence-corrected chi connectivity index (χ4v) is 2.25. The van der Waals surface area contributed by atoms with Crippen LogP contribution in [-0.4, -0.2) is 12.5 Å². The molecule has 1 aromatic carbocycles. The summed E-state index contributed by atoms with van der Waals surface area (Å²) in [5, 5.41) is 0. The molecule has 0 unspecified atom stereocenters. The molecule has 13 heavy (non-hydrogen) atoms. The molecule has 1 heterocycles. The van der Waals surface area contributed by atoms with Crippen LogP contribution < -0.4 is 4.90 Å². The van der Waals surface area contributed by atoms with Crippen molar-refractivity contribution in [2.24, 2.45) is 0 Å². The van der Waals surface area contributed by atoms with Gasteiger partial charge in [-0.25, -0.2) is 0 Å². The molecular formula is C10H10INO. The first-order valence-corrected chi connectivity index (χ1v) is 5.33. The summed E-state index contributed by atoms with van der Waals surface area (Å²) in [6.07, 6.45) is 0.992. The summed E-state index contributed by atoms with van der Waals surface area (Å²) in [5.74, 6) is 0.139. The summed E-state index contributed by atoms with van der Waals surface area (Å²) in [4.78, 5) is 13.1. The summed E-state index contributed by atoms with van der Waals surface area (Å²) in [6.45, 7) is 2.46. The average Bonchev–Trinajstić information content (AvgIpc) is 2.46. The molecule has 1 amide bonds. The van der Waals surface area contributed by atoms with Crippen molar-refractivity contribution in [2.75, 3.05) is 11.4 Å². The van der Waals surface area contributed by atoms with Crippen molar-refractivity contribution in [3.63, 3.8) is 0 Å². The lowest BCUT2D eigenvalue weighted by atomic mass is 10.2. The minimum Gasteiger partial charge on any atom is -0.312 e. The Kier molecular flexibility index (Phi) is 2.27. The first-order chi connectivity index (χ1) is 6.18. The van der Waals surface area contributed by atoms with Gasteiger partial charge < -0.3 is 4.90 Å². The van der Waals surface area contributed by atoms with Crippen LogP contribution in [0.3, 0.4) is 0 Å². The lowest BCUT2D eigenvalue weighted by Gasteiger charge is -2.14. The molecule has 0 radical (unpaired) electrons.